The van der Waals surface area contributed by atoms with E-state index in [0.29, 0.717) is 13.1 Å². The quantitative estimate of drug-likeness (QED) is 0.423. The molecule has 4 heteroatoms. The molecular weight excluding hydrogens is 242 g/mol. The topological polar surface area (TPSA) is 46.6 Å². The molecule has 0 aromatic carbocycles. The third-order valence-corrected chi connectivity index (χ3v) is 2.79. The van der Waals surface area contributed by atoms with Crippen LogP contribution < -0.4 is 0 Å². The fraction of sp³-hybridized carbons (Fsp3) is 0.733. The van der Waals surface area contributed by atoms with Gasteiger partial charge >= 0.3 is 5.97 Å². The van der Waals surface area contributed by atoms with Crippen LogP contribution >= 0.6 is 0 Å². The van der Waals surface area contributed by atoms with Gasteiger partial charge < -0.3 is 9.64 Å². The summed E-state index contributed by atoms with van der Waals surface area (Å²) in [5.41, 5.74) is 0.429. The molecule has 0 aromatic heterocycles. The number of amides is 1. The van der Waals surface area contributed by atoms with Crippen molar-refractivity contribution in [1.29, 1.82) is 0 Å². The molecule has 0 aliphatic rings. The summed E-state index contributed by atoms with van der Waals surface area (Å²) in [6.45, 7) is 16.3. The molecule has 0 aliphatic carbocycles. The predicted octanol–water partition coefficient (Wildman–Crippen LogP) is 2.64. The van der Waals surface area contributed by atoms with Crippen molar-refractivity contribution in [3.8, 4) is 0 Å². The van der Waals surface area contributed by atoms with Gasteiger partial charge in [0.2, 0.25) is 5.91 Å². The van der Waals surface area contributed by atoms with E-state index in [9.17, 15) is 9.59 Å². The fourth-order valence-electron chi connectivity index (χ4n) is 1.90. The van der Waals surface area contributed by atoms with Crippen molar-refractivity contribution in [2.45, 2.75) is 41.5 Å². The van der Waals surface area contributed by atoms with Crippen LogP contribution in [0.4, 0.5) is 0 Å². The van der Waals surface area contributed by atoms with Crippen molar-refractivity contribution in [2.75, 3.05) is 19.7 Å². The van der Waals surface area contributed by atoms with E-state index in [1.807, 2.05) is 34.6 Å². The third kappa shape index (κ3) is 5.45. The minimum Gasteiger partial charge on any atom is -0.465 e. The molecule has 0 saturated heterocycles. The largest absolute Gasteiger partial charge is 0.465 e. The van der Waals surface area contributed by atoms with E-state index in [0.717, 1.165) is 5.57 Å². The van der Waals surface area contributed by atoms with Crippen LogP contribution in [-0.2, 0) is 14.3 Å². The van der Waals surface area contributed by atoms with Gasteiger partial charge in [-0.25, -0.2) is 0 Å². The zero-order chi connectivity index (χ0) is 15.2. The summed E-state index contributed by atoms with van der Waals surface area (Å²) < 4.78 is 5.04. The molecule has 0 rings (SSSR count). The lowest BCUT2D eigenvalue weighted by Gasteiger charge is -2.32. The second kappa shape index (κ2) is 7.31. The summed E-state index contributed by atoms with van der Waals surface area (Å²) in [5.74, 6) is -1.40. The molecular formula is C15H27NO3. The summed E-state index contributed by atoms with van der Waals surface area (Å²) >= 11 is 0. The smallest absolute Gasteiger partial charge is 0.319 e. The molecule has 4 nitrogen and oxygen atoms in total. The Labute approximate surface area is 116 Å². The number of hydrogen-bond donors (Lipinski definition) is 0. The highest BCUT2D eigenvalue weighted by molar-refractivity contribution is 5.98. The number of carbonyl (C=O) groups excluding carboxylic acids is 2. The van der Waals surface area contributed by atoms with Gasteiger partial charge in [-0.2, -0.15) is 0 Å². The standard InChI is InChI=1S/C15H27NO3/c1-8-16(10-11(3)4)13(17)12(15(5,6)7)14(18)19-9-2/h12H,3,8-10H2,1-2,4-7H3. The molecule has 0 aromatic rings. The first-order chi connectivity index (χ1) is 8.65. The lowest BCUT2D eigenvalue weighted by Crippen LogP contribution is -2.46. The van der Waals surface area contributed by atoms with E-state index < -0.39 is 17.3 Å². The Hall–Kier alpha value is -1.32. The molecule has 1 atom stereocenters. The van der Waals surface area contributed by atoms with Crippen molar-refractivity contribution >= 4 is 11.9 Å². The van der Waals surface area contributed by atoms with Crippen molar-refractivity contribution in [1.82, 2.24) is 4.90 Å². The Morgan fingerprint density at radius 3 is 2.11 bits per heavy atom. The second-order valence-corrected chi connectivity index (χ2v) is 5.86. The zero-order valence-corrected chi connectivity index (χ0v) is 13.1. The van der Waals surface area contributed by atoms with E-state index in [2.05, 4.69) is 6.58 Å². The highest BCUT2D eigenvalue weighted by Crippen LogP contribution is 2.29. The first-order valence-corrected chi connectivity index (χ1v) is 6.74. The molecule has 110 valence electrons. The maximum absolute atomic E-state index is 12.6. The van der Waals surface area contributed by atoms with Crippen LogP contribution in [0.15, 0.2) is 12.2 Å². The molecule has 0 N–H and O–H groups in total. The number of esters is 1. The summed E-state index contributed by atoms with van der Waals surface area (Å²) in [6.07, 6.45) is 0. The Bertz CT molecular complexity index is 342. The molecule has 0 bridgehead atoms. The van der Waals surface area contributed by atoms with E-state index >= 15 is 0 Å². The maximum atomic E-state index is 12.6. The first kappa shape index (κ1) is 17.7. The van der Waals surface area contributed by atoms with Crippen molar-refractivity contribution in [3.05, 3.63) is 12.2 Å². The Morgan fingerprint density at radius 2 is 1.79 bits per heavy atom. The van der Waals surface area contributed by atoms with Crippen LogP contribution in [0.5, 0.6) is 0 Å². The highest BCUT2D eigenvalue weighted by Gasteiger charge is 2.40. The molecule has 0 saturated carbocycles. The van der Waals surface area contributed by atoms with Crippen LogP contribution in [0.2, 0.25) is 0 Å². The van der Waals surface area contributed by atoms with Gasteiger partial charge in [0, 0.05) is 13.1 Å². The maximum Gasteiger partial charge on any atom is 0.319 e. The van der Waals surface area contributed by atoms with Crippen LogP contribution in [0.3, 0.4) is 0 Å². The van der Waals surface area contributed by atoms with E-state index in [1.165, 1.54) is 0 Å². The Kier molecular flexibility index (Phi) is 6.81. The average Bonchev–Trinajstić information content (AvgIpc) is 2.23. The lowest BCUT2D eigenvalue weighted by atomic mass is 9.79. The van der Waals surface area contributed by atoms with Gasteiger partial charge in [0.05, 0.1) is 6.61 Å². The lowest BCUT2D eigenvalue weighted by molar-refractivity contribution is -0.160. The number of carbonyl (C=O) groups is 2. The van der Waals surface area contributed by atoms with E-state index in [-0.39, 0.29) is 12.5 Å². The molecule has 1 amide bonds. The molecule has 19 heavy (non-hydrogen) atoms. The normalized spacial score (nSPS) is 12.7. The first-order valence-electron chi connectivity index (χ1n) is 6.74. The monoisotopic (exact) mass is 269 g/mol. The second-order valence-electron chi connectivity index (χ2n) is 5.86. The van der Waals surface area contributed by atoms with E-state index in [4.69, 9.17) is 4.74 Å². The minimum atomic E-state index is -0.772. The average molecular weight is 269 g/mol. The summed E-state index contributed by atoms with van der Waals surface area (Å²) in [6, 6.07) is 0. The van der Waals surface area contributed by atoms with Crippen molar-refractivity contribution in [3.63, 3.8) is 0 Å². The number of rotatable bonds is 6. The Balaban J connectivity index is 5.20. The molecule has 1 unspecified atom stereocenters. The minimum absolute atomic E-state index is 0.184. The van der Waals surface area contributed by atoms with Crippen LogP contribution in [0.25, 0.3) is 0 Å². The molecule has 0 spiro atoms. The van der Waals surface area contributed by atoms with Crippen LogP contribution in [0.1, 0.15) is 41.5 Å². The van der Waals surface area contributed by atoms with E-state index in [1.54, 1.807) is 11.8 Å². The van der Waals surface area contributed by atoms with Gasteiger partial charge in [-0.1, -0.05) is 32.9 Å². The van der Waals surface area contributed by atoms with Gasteiger partial charge in [0.25, 0.3) is 0 Å². The molecule has 0 radical (unpaired) electrons. The zero-order valence-electron chi connectivity index (χ0n) is 13.1. The van der Waals surface area contributed by atoms with Crippen molar-refractivity contribution in [2.24, 2.45) is 11.3 Å². The summed E-state index contributed by atoms with van der Waals surface area (Å²) in [7, 11) is 0. The summed E-state index contributed by atoms with van der Waals surface area (Å²) in [5, 5.41) is 0. The predicted molar refractivity (Wildman–Crippen MR) is 76.6 cm³/mol. The Morgan fingerprint density at radius 1 is 1.26 bits per heavy atom. The van der Waals surface area contributed by atoms with Gasteiger partial charge in [0.1, 0.15) is 5.92 Å². The number of ether oxygens (including phenoxy) is 1. The van der Waals surface area contributed by atoms with Crippen LogP contribution in [0, 0.1) is 11.3 Å². The molecule has 0 heterocycles. The van der Waals surface area contributed by atoms with Crippen LogP contribution in [-0.4, -0.2) is 36.5 Å². The number of nitrogens with zero attached hydrogens (tertiary/aromatic N) is 1. The number of hydrogen-bond acceptors (Lipinski definition) is 3. The summed E-state index contributed by atoms with van der Waals surface area (Å²) in [4.78, 5) is 26.3. The SMILES string of the molecule is C=C(C)CN(CC)C(=O)C(C(=O)OCC)C(C)(C)C. The fourth-order valence-corrected chi connectivity index (χ4v) is 1.90. The molecule has 0 fully saturated rings. The third-order valence-electron chi connectivity index (χ3n) is 2.79. The number of likely N-dealkylation sites (N-methyl/N-ethyl adjacent to an activating group) is 1. The van der Waals surface area contributed by atoms with Crippen molar-refractivity contribution < 1.29 is 14.3 Å². The molecule has 0 aliphatic heterocycles. The van der Waals surface area contributed by atoms with Gasteiger partial charge in [-0.15, -0.1) is 0 Å². The van der Waals surface area contributed by atoms with Gasteiger partial charge in [0.15, 0.2) is 0 Å². The van der Waals surface area contributed by atoms with Gasteiger partial charge in [-0.05, 0) is 26.2 Å². The highest BCUT2D eigenvalue weighted by atomic mass is 16.5. The van der Waals surface area contributed by atoms with Gasteiger partial charge in [-0.3, -0.25) is 9.59 Å².